The first-order valence-electron chi connectivity index (χ1n) is 10.5. The van der Waals surface area contributed by atoms with E-state index in [-0.39, 0.29) is 28.7 Å². The molecule has 2 atom stereocenters. The molecule has 4 rings (SSSR count). The Morgan fingerprint density at radius 1 is 1.29 bits per heavy atom. The van der Waals surface area contributed by atoms with E-state index < -0.39 is 29.9 Å². The molecule has 3 heterocycles. The van der Waals surface area contributed by atoms with Crippen LogP contribution in [0.25, 0.3) is 0 Å². The number of benzene rings is 1. The fourth-order valence-corrected chi connectivity index (χ4v) is 5.70. The van der Waals surface area contributed by atoms with Crippen LogP contribution < -0.4 is 0 Å². The maximum Gasteiger partial charge on any atom is 0.329 e. The van der Waals surface area contributed by atoms with Gasteiger partial charge in [0, 0.05) is 19.0 Å². The number of amides is 1. The SMILES string of the molecule is CCOC(=O)[C@@H](Cc1ccccc1)N1C(=O)/C(=C/N2N=C(c3cccs3)C[C@@H]2C(=O)O)SC1=S. The van der Waals surface area contributed by atoms with Crippen molar-refractivity contribution in [3.05, 3.63) is 69.4 Å². The van der Waals surface area contributed by atoms with Gasteiger partial charge in [0.2, 0.25) is 0 Å². The second-order valence-corrected chi connectivity index (χ2v) is 10.1. The third-order valence-electron chi connectivity index (χ3n) is 5.25. The number of carbonyl (C=O) groups excluding carboxylic acids is 2. The molecule has 0 saturated carbocycles. The van der Waals surface area contributed by atoms with Crippen molar-refractivity contribution in [1.82, 2.24) is 9.91 Å². The van der Waals surface area contributed by atoms with Crippen molar-refractivity contribution in [2.75, 3.05) is 6.61 Å². The summed E-state index contributed by atoms with van der Waals surface area (Å²) in [7, 11) is 0. The predicted octanol–water partition coefficient (Wildman–Crippen LogP) is 3.49. The second kappa shape index (κ2) is 10.5. The number of carboxylic acid groups (broad SMARTS) is 1. The molecule has 0 radical (unpaired) electrons. The van der Waals surface area contributed by atoms with E-state index in [1.165, 1.54) is 27.4 Å². The van der Waals surface area contributed by atoms with Gasteiger partial charge in [0.1, 0.15) is 10.4 Å². The van der Waals surface area contributed by atoms with Crippen LogP contribution in [0.15, 0.2) is 64.1 Å². The molecule has 1 aromatic carbocycles. The monoisotopic (exact) mass is 515 g/mol. The van der Waals surface area contributed by atoms with Gasteiger partial charge in [-0.15, -0.1) is 11.3 Å². The molecule has 34 heavy (non-hydrogen) atoms. The van der Waals surface area contributed by atoms with E-state index in [4.69, 9.17) is 17.0 Å². The molecule has 2 aliphatic rings. The van der Waals surface area contributed by atoms with Crippen LogP contribution in [0, 0.1) is 0 Å². The lowest BCUT2D eigenvalue weighted by atomic mass is 10.0. The third kappa shape index (κ3) is 5.06. The molecule has 0 spiro atoms. The van der Waals surface area contributed by atoms with Crippen LogP contribution in [0.2, 0.25) is 0 Å². The van der Waals surface area contributed by atoms with Gasteiger partial charge in [-0.3, -0.25) is 14.7 Å². The smallest absolute Gasteiger partial charge is 0.329 e. The van der Waals surface area contributed by atoms with Crippen LogP contribution in [0.1, 0.15) is 23.8 Å². The number of thiocarbonyl (C=S) groups is 1. The van der Waals surface area contributed by atoms with Gasteiger partial charge >= 0.3 is 11.9 Å². The molecular weight excluding hydrogens is 494 g/mol. The molecule has 1 N–H and O–H groups in total. The van der Waals surface area contributed by atoms with Gasteiger partial charge < -0.3 is 9.84 Å². The summed E-state index contributed by atoms with van der Waals surface area (Å²) in [4.78, 5) is 40.3. The summed E-state index contributed by atoms with van der Waals surface area (Å²) >= 11 is 7.94. The fraction of sp³-hybridized carbons (Fsp3) is 0.261. The van der Waals surface area contributed by atoms with Gasteiger partial charge in [-0.05, 0) is 23.9 Å². The highest BCUT2D eigenvalue weighted by molar-refractivity contribution is 8.26. The van der Waals surface area contributed by atoms with Gasteiger partial charge in [0.15, 0.2) is 6.04 Å². The molecule has 0 bridgehead atoms. The number of rotatable bonds is 8. The Labute approximate surface area is 209 Å². The van der Waals surface area contributed by atoms with E-state index in [9.17, 15) is 19.5 Å². The van der Waals surface area contributed by atoms with Crippen molar-refractivity contribution in [1.29, 1.82) is 0 Å². The first kappa shape index (κ1) is 24.1. The highest BCUT2D eigenvalue weighted by Crippen LogP contribution is 2.35. The lowest BCUT2D eigenvalue weighted by Crippen LogP contribution is -2.46. The Hall–Kier alpha value is -3.02. The van der Waals surface area contributed by atoms with Gasteiger partial charge in [-0.1, -0.05) is 60.4 Å². The van der Waals surface area contributed by atoms with Crippen molar-refractivity contribution < 1.29 is 24.2 Å². The average Bonchev–Trinajstić information content (AvgIpc) is 3.54. The normalized spacial score (nSPS) is 20.1. The number of hydrazone groups is 1. The van der Waals surface area contributed by atoms with Crippen molar-refractivity contribution in [2.24, 2.45) is 5.10 Å². The molecule has 11 heteroatoms. The molecule has 0 unspecified atom stereocenters. The molecule has 1 amide bonds. The van der Waals surface area contributed by atoms with E-state index in [2.05, 4.69) is 5.10 Å². The average molecular weight is 516 g/mol. The summed E-state index contributed by atoms with van der Waals surface area (Å²) in [6, 6.07) is 11.2. The molecular formula is C23H21N3O5S3. The topological polar surface area (TPSA) is 99.5 Å². The van der Waals surface area contributed by atoms with Gasteiger partial charge in [-0.25, -0.2) is 9.59 Å². The zero-order chi connectivity index (χ0) is 24.2. The third-order valence-corrected chi connectivity index (χ3v) is 7.48. The highest BCUT2D eigenvalue weighted by atomic mass is 32.2. The standard InChI is InChI=1S/C23H21N3O5S3/c1-2-31-22(30)17(11-14-7-4-3-5-8-14)26-20(27)19(34-23(26)32)13-25-16(21(28)29)12-15(24-25)18-9-6-10-33-18/h3-10,13,16-17H,2,11-12H2,1H3,(H,28,29)/b19-13-/t16-,17-/m1/s1. The first-order valence-corrected chi connectivity index (χ1v) is 12.6. The van der Waals surface area contributed by atoms with Crippen molar-refractivity contribution in [3.63, 3.8) is 0 Å². The summed E-state index contributed by atoms with van der Waals surface area (Å²) in [5, 5.41) is 17.3. The summed E-state index contributed by atoms with van der Waals surface area (Å²) < 4.78 is 5.44. The number of hydrogen-bond acceptors (Lipinski definition) is 9. The van der Waals surface area contributed by atoms with Crippen LogP contribution in [0.5, 0.6) is 0 Å². The van der Waals surface area contributed by atoms with Crippen LogP contribution in [0.4, 0.5) is 0 Å². The van der Waals surface area contributed by atoms with Crippen molar-refractivity contribution in [2.45, 2.75) is 31.8 Å². The van der Waals surface area contributed by atoms with Gasteiger partial charge in [0.25, 0.3) is 5.91 Å². The minimum absolute atomic E-state index is 0.170. The second-order valence-electron chi connectivity index (χ2n) is 7.46. The van der Waals surface area contributed by atoms with E-state index in [1.54, 1.807) is 6.92 Å². The van der Waals surface area contributed by atoms with E-state index in [0.29, 0.717) is 5.71 Å². The zero-order valence-electron chi connectivity index (χ0n) is 18.1. The lowest BCUT2D eigenvalue weighted by molar-refractivity contribution is -0.150. The molecule has 8 nitrogen and oxygen atoms in total. The Morgan fingerprint density at radius 2 is 2.06 bits per heavy atom. The maximum absolute atomic E-state index is 13.4. The maximum atomic E-state index is 13.4. The summed E-state index contributed by atoms with van der Waals surface area (Å²) in [6.07, 6.45) is 1.86. The zero-order valence-corrected chi connectivity index (χ0v) is 20.6. The van der Waals surface area contributed by atoms with E-state index in [1.807, 2.05) is 47.8 Å². The number of esters is 1. The number of nitrogens with zero attached hydrogens (tertiary/aromatic N) is 3. The molecule has 0 aliphatic carbocycles. The summed E-state index contributed by atoms with van der Waals surface area (Å²) in [5.41, 5.74) is 1.50. The summed E-state index contributed by atoms with van der Waals surface area (Å²) in [5.74, 6) is -2.07. The number of carbonyl (C=O) groups is 3. The molecule has 176 valence electrons. The minimum Gasteiger partial charge on any atom is -0.480 e. The van der Waals surface area contributed by atoms with Gasteiger partial charge in [0.05, 0.1) is 22.1 Å². The summed E-state index contributed by atoms with van der Waals surface area (Å²) in [6.45, 7) is 1.87. The van der Waals surface area contributed by atoms with Crippen LogP contribution in [-0.2, 0) is 25.5 Å². The van der Waals surface area contributed by atoms with Crippen LogP contribution in [0.3, 0.4) is 0 Å². The Morgan fingerprint density at radius 3 is 2.71 bits per heavy atom. The number of aliphatic carboxylic acids is 1. The van der Waals surface area contributed by atoms with E-state index >= 15 is 0 Å². The van der Waals surface area contributed by atoms with E-state index in [0.717, 1.165) is 22.2 Å². The van der Waals surface area contributed by atoms with Gasteiger partial charge in [-0.2, -0.15) is 5.10 Å². The highest BCUT2D eigenvalue weighted by Gasteiger charge is 2.42. The molecule has 1 aromatic heterocycles. The largest absolute Gasteiger partial charge is 0.480 e. The Kier molecular flexibility index (Phi) is 7.44. The molecule has 1 saturated heterocycles. The quantitative estimate of drug-likeness (QED) is 0.324. The number of ether oxygens (including phenoxy) is 1. The van der Waals surface area contributed by atoms with Crippen molar-refractivity contribution in [3.8, 4) is 0 Å². The van der Waals surface area contributed by atoms with Crippen LogP contribution in [-0.4, -0.2) is 61.6 Å². The molecule has 1 fully saturated rings. The fourth-order valence-electron chi connectivity index (χ4n) is 3.65. The number of thiophene rings is 1. The van der Waals surface area contributed by atoms with Crippen LogP contribution >= 0.6 is 35.3 Å². The Bertz CT molecular complexity index is 1160. The molecule has 2 aliphatic heterocycles. The lowest BCUT2D eigenvalue weighted by Gasteiger charge is -2.25. The number of thioether (sulfide) groups is 1. The minimum atomic E-state index is -1.05. The predicted molar refractivity (Wildman–Crippen MR) is 134 cm³/mol. The Balaban J connectivity index is 1.62. The first-order chi connectivity index (χ1) is 16.4. The molecule has 2 aromatic rings. The van der Waals surface area contributed by atoms with Crippen molar-refractivity contribution >= 4 is 63.2 Å². The number of hydrogen-bond donors (Lipinski definition) is 1. The number of carboxylic acids is 1.